The fourth-order valence-electron chi connectivity index (χ4n) is 20.4. The van der Waals surface area contributed by atoms with Crippen LogP contribution in [0.15, 0.2) is 72.8 Å². The van der Waals surface area contributed by atoms with Crippen LogP contribution < -0.4 is 21.3 Å². The average Bonchev–Trinajstić information content (AvgIpc) is 1.51. The molecule has 4 amide bonds. The van der Waals surface area contributed by atoms with Gasteiger partial charge in [0.05, 0.1) is 40.1 Å². The number of anilines is 2. The van der Waals surface area contributed by atoms with E-state index >= 15 is 13.6 Å². The number of likely N-dealkylation sites (N-methyl/N-ethyl adjacent to an activating group) is 2. The number of amides is 4. The summed E-state index contributed by atoms with van der Waals surface area (Å²) >= 11 is 25.7. The molecule has 0 aromatic heterocycles. The highest BCUT2D eigenvalue weighted by molar-refractivity contribution is 6.32. The molecule has 4 bridgehead atoms. The van der Waals surface area contributed by atoms with Gasteiger partial charge in [-0.2, -0.15) is 0 Å². The van der Waals surface area contributed by atoms with E-state index in [0.29, 0.717) is 137 Å². The van der Waals surface area contributed by atoms with Gasteiger partial charge >= 0.3 is 11.9 Å². The van der Waals surface area contributed by atoms with Crippen molar-refractivity contribution in [3.63, 3.8) is 0 Å². The number of carboxylic acid groups (broad SMARTS) is 1. The first kappa shape index (κ1) is 62.4. The maximum Gasteiger partial charge on any atom is 0.311 e. The lowest BCUT2D eigenvalue weighted by molar-refractivity contribution is -0.161. The topological polar surface area (TPSA) is 186 Å². The van der Waals surface area contributed by atoms with Gasteiger partial charge in [0.25, 0.3) is 0 Å². The first-order valence-electron chi connectivity index (χ1n) is 32.2. The third kappa shape index (κ3) is 8.98. The Morgan fingerprint density at radius 2 is 0.921 bits per heavy atom. The molecule has 20 heteroatoms. The summed E-state index contributed by atoms with van der Waals surface area (Å²) in [6, 6.07) is 18.9. The lowest BCUT2D eigenvalue weighted by atomic mass is 9.55. The molecule has 474 valence electrons. The summed E-state index contributed by atoms with van der Waals surface area (Å²) in [6.45, 7) is 5.04. The van der Waals surface area contributed by atoms with Crippen molar-refractivity contribution in [2.75, 3.05) is 30.8 Å². The molecule has 89 heavy (non-hydrogen) atoms. The number of esters is 1. The lowest BCUT2D eigenvalue weighted by Gasteiger charge is -2.52. The van der Waals surface area contributed by atoms with Crippen LogP contribution in [0.4, 0.5) is 20.2 Å². The Labute approximate surface area is 538 Å². The number of halogens is 6. The van der Waals surface area contributed by atoms with Crippen LogP contribution in [0.25, 0.3) is 0 Å². The number of ether oxygens (including phenoxy) is 1. The summed E-state index contributed by atoms with van der Waals surface area (Å²) in [5.74, 6) is -4.77. The third-order valence-electron chi connectivity index (χ3n) is 24.4. The van der Waals surface area contributed by atoms with Gasteiger partial charge < -0.3 is 31.1 Å². The summed E-state index contributed by atoms with van der Waals surface area (Å²) in [5, 5.41) is 23.9. The maximum absolute atomic E-state index is 16.4. The van der Waals surface area contributed by atoms with Crippen LogP contribution in [0, 0.1) is 22.5 Å². The fraction of sp³-hybridized carbons (Fsp3) is 0.565. The Morgan fingerprint density at radius 3 is 1.27 bits per heavy atom. The number of nitrogens with one attached hydrogen (secondary N) is 4. The van der Waals surface area contributed by atoms with Crippen LogP contribution in [-0.2, 0) is 44.3 Å². The van der Waals surface area contributed by atoms with Crippen molar-refractivity contribution in [1.29, 1.82) is 0 Å². The lowest BCUT2D eigenvalue weighted by Crippen LogP contribution is -2.63. The number of fused-ring (bicyclic) bond motifs is 12. The second-order valence-corrected chi connectivity index (χ2v) is 29.4. The number of hydrogen-bond acceptors (Lipinski definition) is 9. The number of nitrogens with zero attached hydrogens (tertiary/aromatic N) is 2. The molecule has 8 saturated carbocycles. The highest BCUT2D eigenvalue weighted by atomic mass is 35.5. The first-order chi connectivity index (χ1) is 42.6. The molecule has 0 unspecified atom stereocenters. The SMILES string of the molecule is CCN1[C@@H](C(=O)NC23CCC(C(=O)O)(CC2)CC3)[C@H](c2cccc(Cl)c2F)[C@]2(C(=O)Nc3cc(Cl)ccc32)C12CCCCC2.CCN1[C@@H](C(=O)NC23CCC(C(=O)OC)(CC2)CC3)[C@H](c2cccc(Cl)c2F)[C@]2(C(=O)Nc3cc(Cl)ccc32)C12CCCCC2. The van der Waals surface area contributed by atoms with E-state index in [1.165, 1.54) is 19.2 Å². The van der Waals surface area contributed by atoms with Gasteiger partial charge in [-0.25, -0.2) is 8.78 Å². The number of rotatable bonds is 10. The smallest absolute Gasteiger partial charge is 0.311 e. The van der Waals surface area contributed by atoms with Gasteiger partial charge in [0.15, 0.2) is 0 Å². The highest BCUT2D eigenvalue weighted by Gasteiger charge is 2.77. The molecule has 4 aliphatic heterocycles. The maximum atomic E-state index is 16.4. The van der Waals surface area contributed by atoms with Crippen LogP contribution in [0.2, 0.25) is 20.1 Å². The van der Waals surface area contributed by atoms with Crippen LogP contribution >= 0.6 is 46.4 Å². The number of carboxylic acids is 1. The standard InChI is InChI=1S/C35H40Cl2FN3O4.C34H38Cl2FN3O4/c1-3-41-28(29(42)40-33-17-14-32(15-18-33,16-19-33)31(44)45-2)26(22-8-7-9-24(37)27(22)38)35(34(41)12-5-4-6-13-34)23-11-10-21(36)20-25(23)39-30(35)43;1-2-40-27(28(41)39-32-16-13-31(14-17-32,15-18-32)30(43)44)25(21-7-6-8-23(36)26(21)37)34(33(40)11-4-3-5-12-33)22-10-9-20(35)19-24(22)38-29(34)42/h7-11,20,26,28H,3-6,12-19H2,1-2H3,(H,39,43)(H,40,42);6-10,19,25,27H,2-5,11-18H2,1H3,(H,38,42)(H,39,41)(H,43,44)/t26-,28+,32?,33?,35+;25-,27+,31?,32?,34+/m00/s1. The quantitative estimate of drug-likeness (QED) is 0.0957. The molecular formula is C69H78Cl4F2N6O8. The van der Waals surface area contributed by atoms with E-state index in [4.69, 9.17) is 51.1 Å². The Kier molecular flexibility index (Phi) is 16.0. The fourth-order valence-corrected chi connectivity index (χ4v) is 21.1. The molecular weight excluding hydrogens is 1220 g/mol. The number of hydrogen-bond donors (Lipinski definition) is 5. The van der Waals surface area contributed by atoms with E-state index in [-0.39, 0.29) is 50.8 Å². The minimum atomic E-state index is -1.27. The summed E-state index contributed by atoms with van der Waals surface area (Å²) in [5.41, 5.74) is -2.97. The number of carbonyl (C=O) groups is 6. The van der Waals surface area contributed by atoms with Crippen molar-refractivity contribution in [2.45, 2.75) is 212 Å². The van der Waals surface area contributed by atoms with Gasteiger partial charge in [0.2, 0.25) is 23.6 Å². The molecule has 10 fully saturated rings. The number of likely N-dealkylation sites (tertiary alicyclic amines) is 2. The minimum Gasteiger partial charge on any atom is -0.481 e. The summed E-state index contributed by atoms with van der Waals surface area (Å²) in [6.07, 6.45) is 15.6. The Balaban J connectivity index is 0.000000164. The van der Waals surface area contributed by atoms with E-state index in [1.54, 1.807) is 48.5 Å². The van der Waals surface area contributed by atoms with E-state index in [1.807, 2.05) is 26.0 Å². The number of benzene rings is 4. The number of methoxy groups -OCH3 is 1. The Hall–Kier alpha value is -5.36. The van der Waals surface area contributed by atoms with Crippen molar-refractivity contribution in [3.8, 4) is 0 Å². The molecule has 4 aromatic carbocycles. The molecule has 8 aliphatic carbocycles. The van der Waals surface area contributed by atoms with Crippen LogP contribution in [0.5, 0.6) is 0 Å². The molecule has 2 saturated heterocycles. The van der Waals surface area contributed by atoms with Gasteiger partial charge in [-0.15, -0.1) is 0 Å². The molecule has 12 aliphatic rings. The molecule has 6 atom stereocenters. The molecule has 14 nitrogen and oxygen atoms in total. The number of carbonyl (C=O) groups excluding carboxylic acids is 5. The van der Waals surface area contributed by atoms with Gasteiger partial charge in [0, 0.05) is 55.4 Å². The average molecular weight is 1300 g/mol. The largest absolute Gasteiger partial charge is 0.481 e. The summed E-state index contributed by atoms with van der Waals surface area (Å²) in [7, 11) is 1.44. The van der Waals surface area contributed by atoms with Gasteiger partial charge in [-0.1, -0.05) is 135 Å². The number of aliphatic carboxylic acids is 1. The predicted octanol–water partition coefficient (Wildman–Crippen LogP) is 13.7. The monoisotopic (exact) mass is 1300 g/mol. The zero-order chi connectivity index (χ0) is 62.8. The van der Waals surface area contributed by atoms with Crippen molar-refractivity contribution < 1.29 is 47.4 Å². The van der Waals surface area contributed by atoms with Gasteiger partial charge in [-0.3, -0.25) is 38.6 Å². The van der Waals surface area contributed by atoms with Crippen LogP contribution in [-0.4, -0.2) is 105 Å². The second-order valence-electron chi connectivity index (χ2n) is 27.7. The second kappa shape index (κ2) is 22.7. The van der Waals surface area contributed by atoms with Crippen molar-refractivity contribution in [2.24, 2.45) is 10.8 Å². The van der Waals surface area contributed by atoms with E-state index in [2.05, 4.69) is 31.1 Å². The van der Waals surface area contributed by atoms with Crippen molar-refractivity contribution >= 4 is 93.3 Å². The highest BCUT2D eigenvalue weighted by Crippen LogP contribution is 2.69. The molecule has 4 aromatic rings. The zero-order valence-electron chi connectivity index (χ0n) is 50.7. The Morgan fingerprint density at radius 1 is 0.551 bits per heavy atom. The van der Waals surface area contributed by atoms with Crippen LogP contribution in [0.1, 0.15) is 189 Å². The third-order valence-corrected chi connectivity index (χ3v) is 25.4. The normalized spacial score (nSPS) is 33.6. The predicted molar refractivity (Wildman–Crippen MR) is 337 cm³/mol. The molecule has 4 heterocycles. The van der Waals surface area contributed by atoms with Gasteiger partial charge in [0.1, 0.15) is 22.5 Å². The molecule has 0 radical (unpaired) electrons. The van der Waals surface area contributed by atoms with E-state index in [9.17, 15) is 29.1 Å². The molecule has 5 N–H and O–H groups in total. The first-order valence-corrected chi connectivity index (χ1v) is 33.7. The molecule has 4 spiro atoms. The minimum absolute atomic E-state index is 0.0403. The Bertz CT molecular complexity index is 3550. The van der Waals surface area contributed by atoms with E-state index in [0.717, 1.165) is 49.7 Å². The molecule has 16 rings (SSSR count). The summed E-state index contributed by atoms with van der Waals surface area (Å²) < 4.78 is 37.8. The van der Waals surface area contributed by atoms with Crippen LogP contribution in [0.3, 0.4) is 0 Å². The summed E-state index contributed by atoms with van der Waals surface area (Å²) in [4.78, 5) is 88.6. The van der Waals surface area contributed by atoms with E-state index < -0.39 is 85.3 Å². The van der Waals surface area contributed by atoms with Crippen molar-refractivity contribution in [3.05, 3.63) is 127 Å². The van der Waals surface area contributed by atoms with Gasteiger partial charge in [-0.05, 0) is 174 Å². The van der Waals surface area contributed by atoms with Crippen molar-refractivity contribution in [1.82, 2.24) is 20.4 Å². The zero-order valence-corrected chi connectivity index (χ0v) is 53.7.